The average Bonchev–Trinajstić information content (AvgIpc) is 3.15. The smallest absolute Gasteiger partial charge is 0.232 e. The van der Waals surface area contributed by atoms with Crippen molar-refractivity contribution < 1.29 is 4.79 Å². The Bertz CT molecular complexity index is 1100. The quantitative estimate of drug-likeness (QED) is 0.544. The van der Waals surface area contributed by atoms with Crippen LogP contribution in [0.5, 0.6) is 0 Å². The summed E-state index contributed by atoms with van der Waals surface area (Å²) >= 11 is 9.10. The summed E-state index contributed by atoms with van der Waals surface area (Å²) in [5.74, 6) is -0.0369. The van der Waals surface area contributed by atoms with Crippen LogP contribution in [0.2, 0.25) is 5.02 Å². The standard InChI is InChI=1S/C18H13ClN4OS2/c19-11-5-6-13-15(7-11)25-17(20-13)22-16(24)10-8-23(9-10)18-21-12-3-1-2-4-14(12)26-18/h1-7,10H,8-9H2,(H,20,22,24). The SMILES string of the molecule is O=C(Nc1nc2ccc(Cl)cc2s1)C1CN(c2nc3ccccc3s2)C1. The Morgan fingerprint density at radius 3 is 2.73 bits per heavy atom. The van der Waals surface area contributed by atoms with Gasteiger partial charge in [-0.1, -0.05) is 46.4 Å². The highest BCUT2D eigenvalue weighted by atomic mass is 35.5. The number of hydrogen-bond donors (Lipinski definition) is 1. The molecule has 1 aliphatic rings. The summed E-state index contributed by atoms with van der Waals surface area (Å²) in [6, 6.07) is 13.6. The van der Waals surface area contributed by atoms with Crippen LogP contribution < -0.4 is 10.2 Å². The number of anilines is 2. The van der Waals surface area contributed by atoms with Gasteiger partial charge in [0.15, 0.2) is 10.3 Å². The molecule has 5 nitrogen and oxygen atoms in total. The predicted molar refractivity (Wildman–Crippen MR) is 109 cm³/mol. The van der Waals surface area contributed by atoms with Crippen LogP contribution in [0.4, 0.5) is 10.3 Å². The van der Waals surface area contributed by atoms with Crippen LogP contribution in [-0.2, 0) is 4.79 Å². The summed E-state index contributed by atoms with van der Waals surface area (Å²) in [5, 5.41) is 5.20. The second kappa shape index (κ2) is 6.19. The third-order valence-electron chi connectivity index (χ3n) is 4.39. The zero-order valence-corrected chi connectivity index (χ0v) is 15.9. The average molecular weight is 401 g/mol. The largest absolute Gasteiger partial charge is 0.346 e. The number of rotatable bonds is 3. The van der Waals surface area contributed by atoms with Crippen molar-refractivity contribution in [2.24, 2.45) is 5.92 Å². The second-order valence-corrected chi connectivity index (χ2v) is 8.66. The Hall–Kier alpha value is -2.22. The van der Waals surface area contributed by atoms with Crippen molar-refractivity contribution in [1.82, 2.24) is 9.97 Å². The number of para-hydroxylation sites is 1. The molecule has 2 aromatic heterocycles. The van der Waals surface area contributed by atoms with E-state index in [0.29, 0.717) is 23.2 Å². The van der Waals surface area contributed by atoms with Crippen molar-refractivity contribution in [3.63, 3.8) is 0 Å². The first kappa shape index (κ1) is 16.0. The van der Waals surface area contributed by atoms with Gasteiger partial charge in [0, 0.05) is 18.1 Å². The van der Waals surface area contributed by atoms with Crippen LogP contribution in [0, 0.1) is 5.92 Å². The van der Waals surface area contributed by atoms with Gasteiger partial charge in [0.25, 0.3) is 0 Å². The van der Waals surface area contributed by atoms with Gasteiger partial charge in [-0.25, -0.2) is 9.97 Å². The second-order valence-electron chi connectivity index (χ2n) is 6.19. The lowest BCUT2D eigenvalue weighted by molar-refractivity contribution is -0.120. The van der Waals surface area contributed by atoms with E-state index >= 15 is 0 Å². The first-order valence-corrected chi connectivity index (χ1v) is 10.1. The molecule has 1 amide bonds. The van der Waals surface area contributed by atoms with Crippen molar-refractivity contribution >= 4 is 70.9 Å². The molecule has 130 valence electrons. The third kappa shape index (κ3) is 2.82. The number of amides is 1. The van der Waals surface area contributed by atoms with Crippen LogP contribution in [-0.4, -0.2) is 29.0 Å². The number of carbonyl (C=O) groups excluding carboxylic acids is 1. The molecule has 0 unspecified atom stereocenters. The van der Waals surface area contributed by atoms with Crippen LogP contribution in [0.15, 0.2) is 42.5 Å². The van der Waals surface area contributed by atoms with E-state index in [1.165, 1.54) is 16.0 Å². The zero-order valence-electron chi connectivity index (χ0n) is 13.5. The van der Waals surface area contributed by atoms with E-state index in [9.17, 15) is 4.79 Å². The number of thiazole rings is 2. The van der Waals surface area contributed by atoms with E-state index < -0.39 is 0 Å². The molecule has 1 fully saturated rings. The Balaban J connectivity index is 1.25. The number of nitrogens with zero attached hydrogens (tertiary/aromatic N) is 3. The molecule has 0 bridgehead atoms. The Kier molecular flexibility index (Phi) is 3.81. The van der Waals surface area contributed by atoms with Crippen molar-refractivity contribution in [3.8, 4) is 0 Å². The van der Waals surface area contributed by atoms with Crippen molar-refractivity contribution in [3.05, 3.63) is 47.5 Å². The van der Waals surface area contributed by atoms with Gasteiger partial charge in [0.05, 0.1) is 26.4 Å². The molecular formula is C18H13ClN4OS2. The number of hydrogen-bond acceptors (Lipinski definition) is 6. The Morgan fingerprint density at radius 2 is 1.88 bits per heavy atom. The summed E-state index contributed by atoms with van der Waals surface area (Å²) in [6.07, 6.45) is 0. The summed E-state index contributed by atoms with van der Waals surface area (Å²) in [4.78, 5) is 23.7. The minimum Gasteiger partial charge on any atom is -0.346 e. The van der Waals surface area contributed by atoms with Crippen molar-refractivity contribution in [2.45, 2.75) is 0 Å². The highest BCUT2D eigenvalue weighted by Gasteiger charge is 2.34. The molecule has 2 aromatic carbocycles. The molecule has 4 aromatic rings. The van der Waals surface area contributed by atoms with Gasteiger partial charge in [-0.15, -0.1) is 0 Å². The summed E-state index contributed by atoms with van der Waals surface area (Å²) in [7, 11) is 0. The number of aromatic nitrogens is 2. The third-order valence-corrected chi connectivity index (χ3v) is 6.65. The summed E-state index contributed by atoms with van der Waals surface area (Å²) in [6.45, 7) is 1.37. The molecule has 0 spiro atoms. The fraction of sp³-hybridized carbons (Fsp3) is 0.167. The monoisotopic (exact) mass is 400 g/mol. The van der Waals surface area contributed by atoms with Gasteiger partial charge in [-0.05, 0) is 30.3 Å². The van der Waals surface area contributed by atoms with Gasteiger partial charge < -0.3 is 10.2 Å². The maximum Gasteiger partial charge on any atom is 0.232 e. The number of carbonyl (C=O) groups is 1. The number of benzene rings is 2. The van der Waals surface area contributed by atoms with E-state index in [1.54, 1.807) is 17.4 Å². The van der Waals surface area contributed by atoms with Crippen LogP contribution in [0.1, 0.15) is 0 Å². The topological polar surface area (TPSA) is 58.1 Å². The molecule has 1 aliphatic heterocycles. The lowest BCUT2D eigenvalue weighted by Gasteiger charge is -2.37. The minimum atomic E-state index is -0.0439. The van der Waals surface area contributed by atoms with E-state index in [1.807, 2.05) is 30.3 Å². The molecule has 26 heavy (non-hydrogen) atoms. The molecule has 0 atom stereocenters. The molecule has 3 heterocycles. The van der Waals surface area contributed by atoms with Gasteiger partial charge in [-0.2, -0.15) is 0 Å². The fourth-order valence-electron chi connectivity index (χ4n) is 2.96. The first-order chi connectivity index (χ1) is 12.7. The highest BCUT2D eigenvalue weighted by Crippen LogP contribution is 2.34. The number of fused-ring (bicyclic) bond motifs is 2. The zero-order chi connectivity index (χ0) is 17.7. The molecule has 5 rings (SSSR count). The Morgan fingerprint density at radius 1 is 1.08 bits per heavy atom. The summed E-state index contributed by atoms with van der Waals surface area (Å²) in [5.41, 5.74) is 1.85. The first-order valence-electron chi connectivity index (χ1n) is 8.13. The summed E-state index contributed by atoms with van der Waals surface area (Å²) < 4.78 is 2.14. The van der Waals surface area contributed by atoms with Crippen LogP contribution in [0.3, 0.4) is 0 Å². The number of nitrogens with one attached hydrogen (secondary N) is 1. The van der Waals surface area contributed by atoms with Gasteiger partial charge in [-0.3, -0.25) is 4.79 Å². The number of halogens is 1. The lowest BCUT2D eigenvalue weighted by Crippen LogP contribution is -2.52. The van der Waals surface area contributed by atoms with Gasteiger partial charge in [0.2, 0.25) is 5.91 Å². The minimum absolute atomic E-state index is 0.00696. The van der Waals surface area contributed by atoms with Crippen LogP contribution in [0.25, 0.3) is 20.4 Å². The van der Waals surface area contributed by atoms with E-state index in [0.717, 1.165) is 20.9 Å². The maximum atomic E-state index is 12.5. The highest BCUT2D eigenvalue weighted by molar-refractivity contribution is 7.22. The maximum absolute atomic E-state index is 12.5. The molecule has 8 heteroatoms. The van der Waals surface area contributed by atoms with Crippen molar-refractivity contribution in [1.29, 1.82) is 0 Å². The van der Waals surface area contributed by atoms with Crippen molar-refractivity contribution in [2.75, 3.05) is 23.3 Å². The Labute approximate surface area is 162 Å². The lowest BCUT2D eigenvalue weighted by atomic mass is 10.0. The fourth-order valence-corrected chi connectivity index (χ4v) is 5.08. The molecule has 0 radical (unpaired) electrons. The van der Waals surface area contributed by atoms with Crippen LogP contribution >= 0.6 is 34.3 Å². The molecular weight excluding hydrogens is 388 g/mol. The normalized spacial score (nSPS) is 14.7. The molecule has 0 aliphatic carbocycles. The molecule has 0 saturated carbocycles. The van der Waals surface area contributed by atoms with E-state index in [2.05, 4.69) is 26.3 Å². The van der Waals surface area contributed by atoms with E-state index in [-0.39, 0.29) is 11.8 Å². The molecule has 1 N–H and O–H groups in total. The van der Waals surface area contributed by atoms with Gasteiger partial charge in [0.1, 0.15) is 0 Å². The van der Waals surface area contributed by atoms with E-state index in [4.69, 9.17) is 11.6 Å². The van der Waals surface area contributed by atoms with Gasteiger partial charge >= 0.3 is 0 Å². The predicted octanol–water partition coefficient (Wildman–Crippen LogP) is 4.63. The molecule has 1 saturated heterocycles.